The minimum absolute atomic E-state index is 0.0795. The Morgan fingerprint density at radius 3 is 2.20 bits per heavy atom. The molecule has 0 radical (unpaired) electrons. The van der Waals surface area contributed by atoms with Crippen molar-refractivity contribution in [3.63, 3.8) is 0 Å². The third-order valence-electron chi connectivity index (χ3n) is 3.63. The normalized spacial score (nSPS) is 13.8. The number of likely N-dealkylation sites (N-methyl/N-ethyl adjacent to an activating group) is 1. The van der Waals surface area contributed by atoms with Crippen LogP contribution < -0.4 is 10.6 Å². The molecule has 0 aromatic heterocycles. The number of para-hydroxylation sites is 1. The van der Waals surface area contributed by atoms with E-state index in [1.807, 2.05) is 30.3 Å². The number of nitrogens with zero attached hydrogens (tertiary/aromatic N) is 1. The Balaban J connectivity index is 2.17. The molecule has 106 valence electrons. The van der Waals surface area contributed by atoms with E-state index in [9.17, 15) is 0 Å². The Bertz CT molecular complexity index is 522. The van der Waals surface area contributed by atoms with Gasteiger partial charge in [0.2, 0.25) is 0 Å². The lowest BCUT2D eigenvalue weighted by atomic mass is 9.99. The summed E-state index contributed by atoms with van der Waals surface area (Å²) in [7, 11) is 2.10. The van der Waals surface area contributed by atoms with Gasteiger partial charge in [-0.05, 0) is 43.2 Å². The van der Waals surface area contributed by atoms with Crippen molar-refractivity contribution in [1.82, 2.24) is 0 Å². The van der Waals surface area contributed by atoms with E-state index in [0.717, 1.165) is 11.4 Å². The number of hydrogen-bond donors (Lipinski definition) is 1. The molecule has 0 aliphatic heterocycles. The Labute approximate surface area is 126 Å². The van der Waals surface area contributed by atoms with Gasteiger partial charge in [-0.25, -0.2) is 0 Å². The first kappa shape index (κ1) is 14.9. The maximum absolute atomic E-state index is 6.18. The van der Waals surface area contributed by atoms with E-state index < -0.39 is 0 Å². The molecule has 0 heterocycles. The molecule has 0 spiro atoms. The SMILES string of the molecule is C[C@@H](N)[C@H](Cc1ccc(Cl)cc1)N(C)c1ccccc1. The molecule has 2 aromatic rings. The largest absolute Gasteiger partial charge is 0.370 e. The van der Waals surface area contributed by atoms with Crippen molar-refractivity contribution in [2.45, 2.75) is 25.4 Å². The van der Waals surface area contributed by atoms with Crippen molar-refractivity contribution in [3.05, 3.63) is 65.2 Å². The second-order valence-corrected chi connectivity index (χ2v) is 5.64. The first-order valence-electron chi connectivity index (χ1n) is 6.86. The molecule has 2 aromatic carbocycles. The average Bonchev–Trinajstić information content (AvgIpc) is 2.46. The van der Waals surface area contributed by atoms with Crippen LogP contribution in [-0.4, -0.2) is 19.1 Å². The predicted octanol–water partition coefficient (Wildman–Crippen LogP) is 3.73. The van der Waals surface area contributed by atoms with Crippen molar-refractivity contribution >= 4 is 17.3 Å². The van der Waals surface area contributed by atoms with Gasteiger partial charge in [-0.3, -0.25) is 0 Å². The van der Waals surface area contributed by atoms with E-state index in [0.29, 0.717) is 0 Å². The summed E-state index contributed by atoms with van der Waals surface area (Å²) in [5.41, 5.74) is 8.62. The van der Waals surface area contributed by atoms with Gasteiger partial charge < -0.3 is 10.6 Å². The topological polar surface area (TPSA) is 29.3 Å². The molecular formula is C17H21ClN2. The number of benzene rings is 2. The Morgan fingerprint density at radius 1 is 1.05 bits per heavy atom. The average molecular weight is 289 g/mol. The predicted molar refractivity (Wildman–Crippen MR) is 87.4 cm³/mol. The Morgan fingerprint density at radius 2 is 1.65 bits per heavy atom. The number of anilines is 1. The minimum atomic E-state index is 0.0795. The van der Waals surface area contributed by atoms with E-state index in [1.54, 1.807) is 0 Å². The highest BCUT2D eigenvalue weighted by Crippen LogP contribution is 2.19. The highest BCUT2D eigenvalue weighted by Gasteiger charge is 2.19. The van der Waals surface area contributed by atoms with Gasteiger partial charge in [0, 0.05) is 29.8 Å². The standard InChI is InChI=1S/C17H21ClN2/c1-13(19)17(12-14-8-10-15(18)11-9-14)20(2)16-6-4-3-5-7-16/h3-11,13,17H,12,19H2,1-2H3/t13-,17+/m1/s1. The third-order valence-corrected chi connectivity index (χ3v) is 3.88. The molecule has 3 heteroatoms. The van der Waals surface area contributed by atoms with Crippen LogP contribution in [0.5, 0.6) is 0 Å². The fourth-order valence-electron chi connectivity index (χ4n) is 2.39. The molecule has 2 rings (SSSR count). The van der Waals surface area contributed by atoms with Crippen LogP contribution in [-0.2, 0) is 6.42 Å². The van der Waals surface area contributed by atoms with Crippen molar-refractivity contribution in [3.8, 4) is 0 Å². The summed E-state index contributed by atoms with van der Waals surface area (Å²) < 4.78 is 0. The van der Waals surface area contributed by atoms with Crippen molar-refractivity contribution in [2.75, 3.05) is 11.9 Å². The lowest BCUT2D eigenvalue weighted by Crippen LogP contribution is -2.46. The van der Waals surface area contributed by atoms with E-state index >= 15 is 0 Å². The van der Waals surface area contributed by atoms with Crippen molar-refractivity contribution < 1.29 is 0 Å². The molecule has 2 N–H and O–H groups in total. The fraction of sp³-hybridized carbons (Fsp3) is 0.294. The van der Waals surface area contributed by atoms with E-state index in [4.69, 9.17) is 17.3 Å². The summed E-state index contributed by atoms with van der Waals surface area (Å²) in [6, 6.07) is 18.7. The molecule has 2 nitrogen and oxygen atoms in total. The van der Waals surface area contributed by atoms with Crippen LogP contribution in [0.4, 0.5) is 5.69 Å². The zero-order valence-electron chi connectivity index (χ0n) is 12.0. The van der Waals surface area contributed by atoms with Gasteiger partial charge in [0.15, 0.2) is 0 Å². The lowest BCUT2D eigenvalue weighted by Gasteiger charge is -2.33. The number of halogens is 1. The third kappa shape index (κ3) is 3.75. The minimum Gasteiger partial charge on any atom is -0.370 e. The van der Waals surface area contributed by atoms with Crippen LogP contribution in [0.2, 0.25) is 5.02 Å². The van der Waals surface area contributed by atoms with Crippen LogP contribution >= 0.6 is 11.6 Å². The molecule has 0 saturated carbocycles. The number of hydrogen-bond acceptors (Lipinski definition) is 2. The molecule has 2 atom stereocenters. The molecule has 0 bridgehead atoms. The van der Waals surface area contributed by atoms with Crippen molar-refractivity contribution in [1.29, 1.82) is 0 Å². The number of rotatable bonds is 5. The number of nitrogens with two attached hydrogens (primary N) is 1. The first-order valence-corrected chi connectivity index (χ1v) is 7.23. The van der Waals surface area contributed by atoms with Gasteiger partial charge in [-0.15, -0.1) is 0 Å². The summed E-state index contributed by atoms with van der Waals surface area (Å²) in [5.74, 6) is 0. The summed E-state index contributed by atoms with van der Waals surface area (Å²) >= 11 is 5.93. The van der Waals surface area contributed by atoms with Gasteiger partial charge in [-0.1, -0.05) is 41.9 Å². The first-order chi connectivity index (χ1) is 9.58. The van der Waals surface area contributed by atoms with Crippen LogP contribution in [0.3, 0.4) is 0 Å². The molecule has 0 fully saturated rings. The van der Waals surface area contributed by atoms with E-state index in [2.05, 4.69) is 43.1 Å². The zero-order chi connectivity index (χ0) is 14.5. The van der Waals surface area contributed by atoms with Gasteiger partial charge in [0.05, 0.1) is 0 Å². The summed E-state index contributed by atoms with van der Waals surface area (Å²) in [6.45, 7) is 2.06. The molecule has 20 heavy (non-hydrogen) atoms. The lowest BCUT2D eigenvalue weighted by molar-refractivity contribution is 0.530. The van der Waals surface area contributed by atoms with Crippen LogP contribution in [0, 0.1) is 0 Å². The zero-order valence-corrected chi connectivity index (χ0v) is 12.7. The molecular weight excluding hydrogens is 268 g/mol. The maximum Gasteiger partial charge on any atom is 0.0475 e. The van der Waals surface area contributed by atoms with Gasteiger partial charge in [0.25, 0.3) is 0 Å². The second kappa shape index (κ2) is 6.78. The highest BCUT2D eigenvalue weighted by atomic mass is 35.5. The smallest absolute Gasteiger partial charge is 0.0475 e. The summed E-state index contributed by atoms with van der Waals surface area (Å²) in [4.78, 5) is 2.25. The van der Waals surface area contributed by atoms with Crippen molar-refractivity contribution in [2.24, 2.45) is 5.73 Å². The van der Waals surface area contributed by atoms with E-state index in [-0.39, 0.29) is 12.1 Å². The van der Waals surface area contributed by atoms with Crippen LogP contribution in [0.15, 0.2) is 54.6 Å². The monoisotopic (exact) mass is 288 g/mol. The molecule has 0 aliphatic rings. The van der Waals surface area contributed by atoms with Gasteiger partial charge in [-0.2, -0.15) is 0 Å². The highest BCUT2D eigenvalue weighted by molar-refractivity contribution is 6.30. The quantitative estimate of drug-likeness (QED) is 0.908. The van der Waals surface area contributed by atoms with E-state index in [1.165, 1.54) is 11.3 Å². The Hall–Kier alpha value is -1.51. The molecule has 0 amide bonds. The second-order valence-electron chi connectivity index (χ2n) is 5.20. The molecule has 0 saturated heterocycles. The molecule has 0 aliphatic carbocycles. The maximum atomic E-state index is 6.18. The van der Waals surface area contributed by atoms with Gasteiger partial charge in [0.1, 0.15) is 0 Å². The summed E-state index contributed by atoms with van der Waals surface area (Å²) in [6.07, 6.45) is 0.903. The Kier molecular flexibility index (Phi) is 5.05. The van der Waals surface area contributed by atoms with Crippen LogP contribution in [0.1, 0.15) is 12.5 Å². The fourth-order valence-corrected chi connectivity index (χ4v) is 2.52. The van der Waals surface area contributed by atoms with Crippen LogP contribution in [0.25, 0.3) is 0 Å². The summed E-state index contributed by atoms with van der Waals surface area (Å²) in [5, 5.41) is 0.766. The van der Waals surface area contributed by atoms with Gasteiger partial charge >= 0.3 is 0 Å². The molecule has 0 unspecified atom stereocenters.